The maximum atomic E-state index is 12.5. The lowest BCUT2D eigenvalue weighted by molar-refractivity contribution is -0.132. The first-order chi connectivity index (χ1) is 10.9. The number of nitrogens with two attached hydrogens (primary N) is 1. The van der Waals surface area contributed by atoms with Crippen LogP contribution in [-0.4, -0.2) is 30.9 Å². The molecule has 1 aromatic heterocycles. The van der Waals surface area contributed by atoms with Crippen molar-refractivity contribution in [3.05, 3.63) is 47.3 Å². The van der Waals surface area contributed by atoms with Crippen molar-refractivity contribution in [3.63, 3.8) is 0 Å². The van der Waals surface area contributed by atoms with Gasteiger partial charge in [-0.2, -0.15) is 0 Å². The predicted molar refractivity (Wildman–Crippen MR) is 87.0 cm³/mol. The van der Waals surface area contributed by atoms with Gasteiger partial charge in [-0.1, -0.05) is 24.2 Å². The minimum atomic E-state index is -0.969. The van der Waals surface area contributed by atoms with E-state index in [1.54, 1.807) is 0 Å². The summed E-state index contributed by atoms with van der Waals surface area (Å²) in [6, 6.07) is 7.51. The predicted octanol–water partition coefficient (Wildman–Crippen LogP) is 1.74. The summed E-state index contributed by atoms with van der Waals surface area (Å²) >= 11 is 0. The SMILES string of the molecule is CCc1nocc1C1=C(C(=O)C(N)=O)c2ccccc2[N+]1(C)C. The molecule has 0 saturated carbocycles. The highest BCUT2D eigenvalue weighted by molar-refractivity contribution is 6.56. The lowest BCUT2D eigenvalue weighted by atomic mass is 9.98. The van der Waals surface area contributed by atoms with Crippen LogP contribution in [0.15, 0.2) is 35.1 Å². The van der Waals surface area contributed by atoms with Crippen molar-refractivity contribution in [2.24, 2.45) is 5.73 Å². The third kappa shape index (κ3) is 2.10. The van der Waals surface area contributed by atoms with Crippen LogP contribution in [0.25, 0.3) is 11.3 Å². The average molecular weight is 312 g/mol. The Morgan fingerprint density at radius 2 is 1.91 bits per heavy atom. The molecular weight excluding hydrogens is 294 g/mol. The number of para-hydroxylation sites is 1. The van der Waals surface area contributed by atoms with Crippen LogP contribution in [0.5, 0.6) is 0 Å². The van der Waals surface area contributed by atoms with Gasteiger partial charge in [-0.05, 0) is 12.5 Å². The number of rotatable bonds is 4. The van der Waals surface area contributed by atoms with Gasteiger partial charge in [0.2, 0.25) is 0 Å². The van der Waals surface area contributed by atoms with Gasteiger partial charge in [0.1, 0.15) is 17.5 Å². The van der Waals surface area contributed by atoms with Gasteiger partial charge < -0.3 is 10.3 Å². The van der Waals surface area contributed by atoms with Crippen LogP contribution in [-0.2, 0) is 16.0 Å². The fourth-order valence-corrected chi connectivity index (χ4v) is 3.20. The first kappa shape index (κ1) is 15.2. The number of fused-ring (bicyclic) bond motifs is 1. The second-order valence-electron chi connectivity index (χ2n) is 5.92. The normalized spacial score (nSPS) is 15.6. The molecule has 1 aliphatic heterocycles. The molecule has 0 saturated heterocycles. The standard InChI is InChI=1S/C17H17N3O3/c1-4-12-11(9-23-19-12)15-14(16(21)17(18)22)10-7-5-6-8-13(10)20(15,2)3/h5-9H,4H2,1-3H3,(H-,18,22)/p+1. The fourth-order valence-electron chi connectivity index (χ4n) is 3.20. The molecule has 1 aromatic carbocycles. The molecule has 6 heteroatoms. The number of benzene rings is 1. The third-order valence-corrected chi connectivity index (χ3v) is 4.26. The molecule has 0 atom stereocenters. The molecule has 3 rings (SSSR count). The highest BCUT2D eigenvalue weighted by atomic mass is 16.5. The molecule has 0 spiro atoms. The fraction of sp³-hybridized carbons (Fsp3) is 0.235. The van der Waals surface area contributed by atoms with Gasteiger partial charge in [-0.15, -0.1) is 0 Å². The van der Waals surface area contributed by atoms with E-state index in [1.165, 1.54) is 6.26 Å². The van der Waals surface area contributed by atoms with Crippen molar-refractivity contribution >= 4 is 28.6 Å². The zero-order valence-electron chi connectivity index (χ0n) is 13.3. The van der Waals surface area contributed by atoms with Crippen molar-refractivity contribution in [1.29, 1.82) is 0 Å². The molecule has 0 fully saturated rings. The first-order valence-electron chi connectivity index (χ1n) is 7.36. The minimum Gasteiger partial charge on any atom is -0.364 e. The van der Waals surface area contributed by atoms with Gasteiger partial charge in [0.05, 0.1) is 30.9 Å². The molecule has 1 aliphatic rings. The Hall–Kier alpha value is -2.73. The third-order valence-electron chi connectivity index (χ3n) is 4.26. The molecule has 0 radical (unpaired) electrons. The average Bonchev–Trinajstić information content (AvgIpc) is 3.07. The molecule has 1 amide bonds. The summed E-state index contributed by atoms with van der Waals surface area (Å²) < 4.78 is 5.43. The maximum Gasteiger partial charge on any atom is 0.290 e. The van der Waals surface area contributed by atoms with Crippen LogP contribution in [0, 0.1) is 0 Å². The van der Waals surface area contributed by atoms with E-state index in [9.17, 15) is 9.59 Å². The highest BCUT2D eigenvalue weighted by Crippen LogP contribution is 2.48. The minimum absolute atomic E-state index is 0.318. The molecule has 0 unspecified atom stereocenters. The van der Waals surface area contributed by atoms with Crippen molar-refractivity contribution in [1.82, 2.24) is 9.64 Å². The second-order valence-corrected chi connectivity index (χ2v) is 5.92. The molecule has 0 aliphatic carbocycles. The molecule has 2 aromatic rings. The molecule has 6 nitrogen and oxygen atoms in total. The highest BCUT2D eigenvalue weighted by Gasteiger charge is 2.45. The number of carbonyl (C=O) groups is 2. The van der Waals surface area contributed by atoms with E-state index in [0.29, 0.717) is 22.2 Å². The topological polar surface area (TPSA) is 86.2 Å². The van der Waals surface area contributed by atoms with Crippen LogP contribution in [0.3, 0.4) is 0 Å². The summed E-state index contributed by atoms with van der Waals surface area (Å²) in [5.41, 5.74) is 9.42. The quantitative estimate of drug-likeness (QED) is 0.688. The number of amides is 1. The van der Waals surface area contributed by atoms with Crippen LogP contribution in [0.4, 0.5) is 5.69 Å². The van der Waals surface area contributed by atoms with Crippen LogP contribution >= 0.6 is 0 Å². The van der Waals surface area contributed by atoms with E-state index in [2.05, 4.69) is 5.16 Å². The van der Waals surface area contributed by atoms with E-state index in [1.807, 2.05) is 45.3 Å². The number of primary amides is 1. The van der Waals surface area contributed by atoms with E-state index in [-0.39, 0.29) is 0 Å². The second kappa shape index (κ2) is 5.17. The van der Waals surface area contributed by atoms with E-state index in [4.69, 9.17) is 10.3 Å². The Labute approximate surface area is 133 Å². The molecule has 2 N–H and O–H groups in total. The Morgan fingerprint density at radius 3 is 2.57 bits per heavy atom. The van der Waals surface area contributed by atoms with Crippen molar-refractivity contribution in [2.75, 3.05) is 14.1 Å². The van der Waals surface area contributed by atoms with Gasteiger partial charge >= 0.3 is 0 Å². The van der Waals surface area contributed by atoms with Crippen LogP contribution in [0.2, 0.25) is 0 Å². The molecule has 118 valence electrons. The van der Waals surface area contributed by atoms with Crippen molar-refractivity contribution < 1.29 is 14.1 Å². The van der Waals surface area contributed by atoms with E-state index >= 15 is 0 Å². The number of nitrogens with zero attached hydrogens (tertiary/aromatic N) is 2. The number of quaternary nitrogens is 1. The van der Waals surface area contributed by atoms with Crippen LogP contribution < -0.4 is 10.2 Å². The summed E-state index contributed by atoms with van der Waals surface area (Å²) in [6.45, 7) is 1.96. The van der Waals surface area contributed by atoms with Gasteiger partial charge in [-0.25, -0.2) is 0 Å². The lowest BCUT2D eigenvalue weighted by Crippen LogP contribution is -2.37. The number of ketones is 1. The van der Waals surface area contributed by atoms with Crippen molar-refractivity contribution in [3.8, 4) is 0 Å². The summed E-state index contributed by atoms with van der Waals surface area (Å²) in [5, 5.41) is 4.00. The van der Waals surface area contributed by atoms with Gasteiger partial charge in [-0.3, -0.25) is 14.1 Å². The Balaban J connectivity index is 2.38. The monoisotopic (exact) mass is 312 g/mol. The lowest BCUT2D eigenvalue weighted by Gasteiger charge is -2.27. The van der Waals surface area contributed by atoms with Gasteiger partial charge in [0.25, 0.3) is 11.7 Å². The molecular formula is C17H18N3O3+. The number of carbonyl (C=O) groups excluding carboxylic acids is 2. The van der Waals surface area contributed by atoms with Gasteiger partial charge in [0.15, 0.2) is 5.70 Å². The smallest absolute Gasteiger partial charge is 0.290 e. The number of hydrogen-bond donors (Lipinski definition) is 1. The maximum absolute atomic E-state index is 12.5. The summed E-state index contributed by atoms with van der Waals surface area (Å²) in [4.78, 5) is 24.1. The Kier molecular flexibility index (Phi) is 3.41. The zero-order chi connectivity index (χ0) is 16.8. The molecule has 2 heterocycles. The largest absolute Gasteiger partial charge is 0.364 e. The summed E-state index contributed by atoms with van der Waals surface area (Å²) in [6.07, 6.45) is 2.18. The summed E-state index contributed by atoms with van der Waals surface area (Å²) in [7, 11) is 3.92. The number of hydrogen-bond acceptors (Lipinski definition) is 4. The van der Waals surface area contributed by atoms with Crippen molar-refractivity contribution in [2.45, 2.75) is 13.3 Å². The Morgan fingerprint density at radius 1 is 1.22 bits per heavy atom. The summed E-state index contributed by atoms with van der Waals surface area (Å²) in [5.74, 6) is -1.66. The number of aromatic nitrogens is 1. The van der Waals surface area contributed by atoms with Crippen LogP contribution in [0.1, 0.15) is 23.7 Å². The number of Topliss-reactive ketones (excluding diaryl/α,β-unsaturated/α-hetero) is 1. The zero-order valence-corrected chi connectivity index (χ0v) is 13.3. The Bertz CT molecular complexity index is 846. The van der Waals surface area contributed by atoms with E-state index in [0.717, 1.165) is 22.5 Å². The number of aryl methyl sites for hydroxylation is 1. The van der Waals surface area contributed by atoms with E-state index < -0.39 is 11.7 Å². The first-order valence-corrected chi connectivity index (χ1v) is 7.36. The molecule has 0 bridgehead atoms. The van der Waals surface area contributed by atoms with Gasteiger partial charge in [0, 0.05) is 6.07 Å². The molecule has 23 heavy (non-hydrogen) atoms.